The van der Waals surface area contributed by atoms with Gasteiger partial charge >= 0.3 is 5.97 Å². The Bertz CT molecular complexity index is 1190. The molecule has 0 heterocycles. The van der Waals surface area contributed by atoms with Crippen LogP contribution in [-0.4, -0.2) is 50.4 Å². The predicted octanol–water partition coefficient (Wildman–Crippen LogP) is 4.01. The minimum absolute atomic E-state index is 0.00124. The third-order valence-electron chi connectivity index (χ3n) is 10.5. The summed E-state index contributed by atoms with van der Waals surface area (Å²) in [7, 11) is -4.19. The number of Topliss-reactive ketones (excluding diaryl/α,β-unsaturated/α-hetero) is 1. The van der Waals surface area contributed by atoms with Gasteiger partial charge < -0.3 is 14.6 Å². The van der Waals surface area contributed by atoms with Crippen LogP contribution >= 0.6 is 0 Å². The number of hydrogen-bond acceptors (Lipinski definition) is 8. The lowest BCUT2D eigenvalue weighted by molar-refractivity contribution is -0.212. The SMILES string of the molecule is CC[C@]1(C=O)C[C@@H](OC(=O)COS(=O)(=O)c2ccc(C)cc2)[C@@]2(C)C3C(=O)CC[C@@]3(CC[C@H]2C)[C@@H](C)[C@@H]1O. The van der Waals surface area contributed by atoms with Gasteiger partial charge in [0.15, 0.2) is 6.61 Å². The molecule has 0 spiro atoms. The molecule has 0 aliphatic heterocycles. The number of carbonyl (C=O) groups excluding carboxylic acids is 3. The zero-order chi connectivity index (χ0) is 28.1. The normalized spacial score (nSPS) is 39.1. The molecular weight excluding hydrogens is 508 g/mol. The molecule has 0 saturated heterocycles. The molecule has 3 saturated carbocycles. The van der Waals surface area contributed by atoms with Gasteiger partial charge in [-0.25, -0.2) is 4.79 Å². The maximum Gasteiger partial charge on any atom is 0.333 e. The van der Waals surface area contributed by atoms with Crippen molar-refractivity contribution < 1.29 is 36.8 Å². The molecule has 1 unspecified atom stereocenters. The van der Waals surface area contributed by atoms with E-state index in [0.29, 0.717) is 19.3 Å². The Hall–Kier alpha value is -2.10. The number of aldehydes is 1. The Morgan fingerprint density at radius 3 is 2.45 bits per heavy atom. The largest absolute Gasteiger partial charge is 0.460 e. The number of benzene rings is 1. The van der Waals surface area contributed by atoms with Gasteiger partial charge in [0.05, 0.1) is 16.4 Å². The molecule has 3 aliphatic carbocycles. The lowest BCUT2D eigenvalue weighted by atomic mass is 9.43. The van der Waals surface area contributed by atoms with Crippen LogP contribution in [0.15, 0.2) is 29.2 Å². The number of ketones is 1. The van der Waals surface area contributed by atoms with E-state index in [1.54, 1.807) is 12.1 Å². The summed E-state index contributed by atoms with van der Waals surface area (Å²) in [4.78, 5) is 39.1. The monoisotopic (exact) mass is 548 g/mol. The Kier molecular flexibility index (Phi) is 7.71. The second-order valence-corrected chi connectivity index (χ2v) is 13.7. The number of esters is 1. The molecule has 0 aromatic heterocycles. The number of aliphatic hydroxyl groups is 1. The molecule has 3 fully saturated rings. The van der Waals surface area contributed by atoms with Crippen molar-refractivity contribution >= 4 is 28.2 Å². The third kappa shape index (κ3) is 4.44. The number of aryl methyl sites for hydroxylation is 1. The van der Waals surface area contributed by atoms with Gasteiger partial charge in [0.2, 0.25) is 0 Å². The summed E-state index contributed by atoms with van der Waals surface area (Å²) < 4.78 is 36.3. The zero-order valence-electron chi connectivity index (χ0n) is 22.9. The Labute approximate surface area is 225 Å². The van der Waals surface area contributed by atoms with Gasteiger partial charge in [0.25, 0.3) is 10.1 Å². The lowest BCUT2D eigenvalue weighted by Crippen LogP contribution is -2.64. The highest BCUT2D eigenvalue weighted by Crippen LogP contribution is 2.68. The van der Waals surface area contributed by atoms with Crippen molar-refractivity contribution in [3.8, 4) is 0 Å². The summed E-state index contributed by atoms with van der Waals surface area (Å²) in [5.41, 5.74) is -1.56. The topological polar surface area (TPSA) is 124 Å². The van der Waals surface area contributed by atoms with E-state index in [1.165, 1.54) is 12.1 Å². The van der Waals surface area contributed by atoms with E-state index in [9.17, 15) is 27.9 Å². The standard InChI is InChI=1S/C29H40O8S/c1-6-28(17-30)15-23(37-24(32)16-36-38(34,35)21-9-7-18(2)8-10-21)27(5)19(3)11-13-29(20(4)26(28)33)14-12-22(31)25(27)29/h7-10,17,19-20,23,25-26,33H,6,11-16H2,1-5H3/t19-,20+,23-,25?,26+,27+,28-,29+/m1/s1. The smallest absolute Gasteiger partial charge is 0.333 e. The average molecular weight is 549 g/mol. The zero-order valence-corrected chi connectivity index (χ0v) is 23.8. The first-order chi connectivity index (χ1) is 17.8. The number of aliphatic hydroxyl groups excluding tert-OH is 1. The van der Waals surface area contributed by atoms with Gasteiger partial charge in [-0.1, -0.05) is 45.4 Å². The quantitative estimate of drug-likeness (QED) is 0.308. The van der Waals surface area contributed by atoms with Crippen LogP contribution in [-0.2, 0) is 33.4 Å². The first-order valence-electron chi connectivity index (χ1n) is 13.6. The van der Waals surface area contributed by atoms with Gasteiger partial charge in [-0.3, -0.25) is 8.98 Å². The Balaban J connectivity index is 1.68. The minimum atomic E-state index is -4.19. The highest BCUT2D eigenvalue weighted by molar-refractivity contribution is 7.86. The van der Waals surface area contributed by atoms with Gasteiger partial charge in [-0.2, -0.15) is 8.42 Å². The van der Waals surface area contributed by atoms with Crippen molar-refractivity contribution in [3.05, 3.63) is 29.8 Å². The van der Waals surface area contributed by atoms with Gasteiger partial charge in [0.1, 0.15) is 18.2 Å². The van der Waals surface area contributed by atoms with Crippen molar-refractivity contribution in [2.24, 2.45) is 34.0 Å². The molecule has 2 bridgehead atoms. The maximum absolute atomic E-state index is 13.5. The van der Waals surface area contributed by atoms with Crippen LogP contribution in [0.2, 0.25) is 0 Å². The van der Waals surface area contributed by atoms with Crippen LogP contribution in [0, 0.1) is 40.9 Å². The van der Waals surface area contributed by atoms with E-state index in [1.807, 2.05) is 34.6 Å². The third-order valence-corrected chi connectivity index (χ3v) is 11.8. The maximum atomic E-state index is 13.5. The van der Waals surface area contributed by atoms with Crippen molar-refractivity contribution in [3.63, 3.8) is 0 Å². The van der Waals surface area contributed by atoms with Crippen molar-refractivity contribution in [2.75, 3.05) is 6.61 Å². The Morgan fingerprint density at radius 1 is 1.18 bits per heavy atom. The van der Waals surface area contributed by atoms with Crippen LogP contribution in [0.25, 0.3) is 0 Å². The van der Waals surface area contributed by atoms with Crippen LogP contribution in [0.5, 0.6) is 0 Å². The van der Waals surface area contributed by atoms with E-state index >= 15 is 0 Å². The lowest BCUT2D eigenvalue weighted by Gasteiger charge is -2.61. The first kappa shape index (κ1) is 28.9. The second-order valence-electron chi connectivity index (χ2n) is 12.1. The fourth-order valence-electron chi connectivity index (χ4n) is 7.82. The summed E-state index contributed by atoms with van der Waals surface area (Å²) in [6, 6.07) is 6.08. The fraction of sp³-hybridized carbons (Fsp3) is 0.690. The molecule has 8 atom stereocenters. The predicted molar refractivity (Wildman–Crippen MR) is 139 cm³/mol. The summed E-state index contributed by atoms with van der Waals surface area (Å²) >= 11 is 0. The van der Waals surface area contributed by atoms with Crippen LogP contribution in [0.4, 0.5) is 0 Å². The van der Waals surface area contributed by atoms with Crippen molar-refractivity contribution in [1.29, 1.82) is 0 Å². The molecule has 38 heavy (non-hydrogen) atoms. The van der Waals surface area contributed by atoms with Crippen LogP contribution in [0.1, 0.15) is 71.8 Å². The van der Waals surface area contributed by atoms with Gasteiger partial charge in [-0.15, -0.1) is 0 Å². The molecule has 8 nitrogen and oxygen atoms in total. The summed E-state index contributed by atoms with van der Waals surface area (Å²) in [6.07, 6.45) is 1.87. The molecule has 0 amide bonds. The van der Waals surface area contributed by atoms with Crippen LogP contribution in [0.3, 0.4) is 0 Å². The summed E-state index contributed by atoms with van der Waals surface area (Å²) in [5.74, 6) is -1.50. The highest BCUT2D eigenvalue weighted by Gasteiger charge is 2.68. The first-order valence-corrected chi connectivity index (χ1v) is 15.0. The molecule has 3 aliphatic rings. The number of rotatable bonds is 7. The van der Waals surface area contributed by atoms with E-state index in [-0.39, 0.29) is 28.9 Å². The molecular formula is C29H40O8S. The van der Waals surface area contributed by atoms with Gasteiger partial charge in [0, 0.05) is 17.8 Å². The van der Waals surface area contributed by atoms with Gasteiger partial charge in [-0.05, 0) is 68.4 Å². The Morgan fingerprint density at radius 2 is 1.84 bits per heavy atom. The number of hydrogen-bond donors (Lipinski definition) is 1. The fourth-order valence-corrected chi connectivity index (χ4v) is 8.67. The average Bonchev–Trinajstić information content (AvgIpc) is 3.25. The molecule has 0 radical (unpaired) electrons. The van der Waals surface area contributed by atoms with Crippen molar-refractivity contribution in [1.82, 2.24) is 0 Å². The molecule has 1 N–H and O–H groups in total. The van der Waals surface area contributed by atoms with Crippen LogP contribution < -0.4 is 0 Å². The molecule has 210 valence electrons. The summed E-state index contributed by atoms with van der Waals surface area (Å²) in [5, 5.41) is 11.6. The molecule has 1 aromatic carbocycles. The number of ether oxygens (including phenoxy) is 1. The van der Waals surface area contributed by atoms with E-state index in [0.717, 1.165) is 24.7 Å². The number of carbonyl (C=O) groups is 3. The highest BCUT2D eigenvalue weighted by atomic mass is 32.2. The van der Waals surface area contributed by atoms with E-state index < -0.39 is 57.1 Å². The molecule has 4 rings (SSSR count). The molecule has 9 heteroatoms. The van der Waals surface area contributed by atoms with E-state index in [4.69, 9.17) is 8.92 Å². The van der Waals surface area contributed by atoms with E-state index in [2.05, 4.69) is 0 Å². The molecule has 1 aromatic rings. The minimum Gasteiger partial charge on any atom is -0.460 e. The second kappa shape index (κ2) is 10.1. The van der Waals surface area contributed by atoms with Crippen molar-refractivity contribution in [2.45, 2.75) is 90.2 Å². The summed E-state index contributed by atoms with van der Waals surface area (Å²) in [6.45, 7) is 8.80.